The molecule has 0 radical (unpaired) electrons. The van der Waals surface area contributed by atoms with Crippen molar-refractivity contribution < 1.29 is 13.2 Å². The Bertz CT molecular complexity index is 715. The van der Waals surface area contributed by atoms with E-state index in [1.807, 2.05) is 7.05 Å². The number of rotatable bonds is 6. The molecule has 0 saturated carbocycles. The molecule has 1 aromatic carbocycles. The molecule has 0 aromatic heterocycles. The number of hydrogen-bond acceptors (Lipinski definition) is 5. The maximum atomic E-state index is 12.1. The summed E-state index contributed by atoms with van der Waals surface area (Å²) >= 11 is 0. The van der Waals surface area contributed by atoms with Gasteiger partial charge in [-0.3, -0.25) is 14.5 Å². The second-order valence-corrected chi connectivity index (χ2v) is 7.20. The fourth-order valence-electron chi connectivity index (χ4n) is 2.31. The Morgan fingerprint density at radius 2 is 2.09 bits per heavy atom. The second-order valence-electron chi connectivity index (χ2n) is 5.55. The third-order valence-corrected chi connectivity index (χ3v) is 5.00. The van der Waals surface area contributed by atoms with Crippen LogP contribution in [-0.4, -0.2) is 58.3 Å². The molecule has 0 aliphatic carbocycles. The van der Waals surface area contributed by atoms with Crippen LogP contribution in [-0.2, 0) is 14.8 Å². The molecule has 0 bridgehead atoms. The summed E-state index contributed by atoms with van der Waals surface area (Å²) in [6.07, 6.45) is 0.230. The van der Waals surface area contributed by atoms with Gasteiger partial charge in [0.15, 0.2) is 0 Å². The first-order chi connectivity index (χ1) is 10.8. The van der Waals surface area contributed by atoms with E-state index in [4.69, 9.17) is 0 Å². The lowest BCUT2D eigenvalue weighted by molar-refractivity contribution is -0.130. The fourth-order valence-corrected chi connectivity index (χ4v) is 3.55. The van der Waals surface area contributed by atoms with Crippen molar-refractivity contribution in [2.75, 3.05) is 27.2 Å². The number of likely N-dealkylation sites (N-methyl/N-ethyl adjacent to an activating group) is 2. The third-order valence-electron chi connectivity index (χ3n) is 3.61. The number of amidine groups is 1. The first kappa shape index (κ1) is 17.4. The van der Waals surface area contributed by atoms with Crippen molar-refractivity contribution in [2.45, 2.75) is 24.3 Å². The predicted molar refractivity (Wildman–Crippen MR) is 88.9 cm³/mol. The Hall–Kier alpha value is -1.93. The van der Waals surface area contributed by atoms with Crippen LogP contribution in [0.25, 0.3) is 0 Å². The number of fused-ring (bicyclic) bond motifs is 1. The van der Waals surface area contributed by atoms with Gasteiger partial charge in [-0.15, -0.1) is 0 Å². The smallest absolute Gasteiger partial charge is 0.263 e. The van der Waals surface area contributed by atoms with Crippen molar-refractivity contribution in [1.29, 1.82) is 0 Å². The quantitative estimate of drug-likeness (QED) is 0.774. The van der Waals surface area contributed by atoms with Gasteiger partial charge < -0.3 is 10.2 Å². The number of benzene rings is 1. The minimum Gasteiger partial charge on any atom is -0.344 e. The summed E-state index contributed by atoms with van der Waals surface area (Å²) in [6, 6.07) is 6.37. The molecule has 8 heteroatoms. The average Bonchev–Trinajstić information content (AvgIpc) is 2.76. The summed E-state index contributed by atoms with van der Waals surface area (Å²) in [5, 5.41) is 2.99. The summed E-state index contributed by atoms with van der Waals surface area (Å²) in [5.41, 5.74) is 0.551. The van der Waals surface area contributed by atoms with Gasteiger partial charge in [-0.1, -0.05) is 12.1 Å². The van der Waals surface area contributed by atoms with Crippen LogP contribution in [0.5, 0.6) is 0 Å². The molecular formula is C15H22N4O3S. The number of amides is 1. The number of aliphatic imine (C=N–C) groups is 1. The van der Waals surface area contributed by atoms with E-state index in [2.05, 4.69) is 15.0 Å². The lowest BCUT2D eigenvalue weighted by Crippen LogP contribution is -2.34. The number of nitrogens with zero attached hydrogens (tertiary/aromatic N) is 2. The summed E-state index contributed by atoms with van der Waals surface area (Å²) < 4.78 is 26.5. The van der Waals surface area contributed by atoms with E-state index in [1.54, 1.807) is 43.1 Å². The Labute approximate surface area is 136 Å². The highest BCUT2D eigenvalue weighted by molar-refractivity contribution is 7.90. The van der Waals surface area contributed by atoms with Crippen molar-refractivity contribution in [3.05, 3.63) is 29.8 Å². The maximum absolute atomic E-state index is 12.1. The Morgan fingerprint density at radius 3 is 2.78 bits per heavy atom. The molecule has 7 nitrogen and oxygen atoms in total. The summed E-state index contributed by atoms with van der Waals surface area (Å²) in [6.45, 7) is 3.14. The first-order valence-electron chi connectivity index (χ1n) is 7.43. The normalized spacial score (nSPS) is 18.3. The highest BCUT2D eigenvalue weighted by atomic mass is 32.2. The van der Waals surface area contributed by atoms with E-state index in [9.17, 15) is 13.2 Å². The Balaban J connectivity index is 2.09. The van der Waals surface area contributed by atoms with Gasteiger partial charge in [-0.25, -0.2) is 8.42 Å². The highest BCUT2D eigenvalue weighted by Crippen LogP contribution is 2.22. The third kappa shape index (κ3) is 4.08. The van der Waals surface area contributed by atoms with E-state index in [0.29, 0.717) is 17.9 Å². The molecule has 0 fully saturated rings. The van der Waals surface area contributed by atoms with Crippen molar-refractivity contribution >= 4 is 21.8 Å². The van der Waals surface area contributed by atoms with Crippen LogP contribution in [0.3, 0.4) is 0 Å². The molecule has 1 amide bonds. The Morgan fingerprint density at radius 1 is 1.39 bits per heavy atom. The van der Waals surface area contributed by atoms with Crippen LogP contribution in [0.1, 0.15) is 18.9 Å². The van der Waals surface area contributed by atoms with E-state index in [-0.39, 0.29) is 23.3 Å². The molecule has 23 heavy (non-hydrogen) atoms. The van der Waals surface area contributed by atoms with Crippen molar-refractivity contribution in [2.24, 2.45) is 4.99 Å². The van der Waals surface area contributed by atoms with Crippen LogP contribution in [0.2, 0.25) is 0 Å². The average molecular weight is 338 g/mol. The second kappa shape index (κ2) is 7.10. The Kier molecular flexibility index (Phi) is 5.38. The zero-order valence-electron chi connectivity index (χ0n) is 13.5. The van der Waals surface area contributed by atoms with Crippen LogP contribution >= 0.6 is 0 Å². The van der Waals surface area contributed by atoms with Crippen LogP contribution in [0, 0.1) is 0 Å². The molecule has 1 aromatic rings. The largest absolute Gasteiger partial charge is 0.344 e. The molecule has 1 unspecified atom stereocenters. The number of carbonyl (C=O) groups excluding carboxylic acids is 1. The van der Waals surface area contributed by atoms with Gasteiger partial charge in [-0.05, 0) is 26.1 Å². The molecule has 0 spiro atoms. The van der Waals surface area contributed by atoms with Gasteiger partial charge in [-0.2, -0.15) is 0 Å². The molecular weight excluding hydrogens is 316 g/mol. The zero-order valence-corrected chi connectivity index (χ0v) is 14.4. The van der Waals surface area contributed by atoms with Crippen molar-refractivity contribution in [3.63, 3.8) is 0 Å². The standard InChI is InChI=1S/C15H22N4O3S/c1-11(10-14(20)19(3)9-8-16-2)17-15-12-6-4-5-7-13(12)23(21,22)18-15/h4-7,11,16H,8-10H2,1-3H3,(H,17,18). The van der Waals surface area contributed by atoms with E-state index >= 15 is 0 Å². The van der Waals surface area contributed by atoms with Crippen LogP contribution < -0.4 is 10.0 Å². The van der Waals surface area contributed by atoms with Crippen molar-refractivity contribution in [3.8, 4) is 0 Å². The molecule has 1 aliphatic heterocycles. The molecule has 1 atom stereocenters. The lowest BCUT2D eigenvalue weighted by Gasteiger charge is -2.18. The minimum absolute atomic E-state index is 0.0220. The monoisotopic (exact) mass is 338 g/mol. The summed E-state index contributed by atoms with van der Waals surface area (Å²) in [7, 11) is 0.0315. The van der Waals surface area contributed by atoms with Crippen LogP contribution in [0.15, 0.2) is 34.2 Å². The van der Waals surface area contributed by atoms with Gasteiger partial charge >= 0.3 is 0 Å². The molecule has 1 heterocycles. The number of hydrogen-bond donors (Lipinski definition) is 2. The SMILES string of the molecule is CNCCN(C)C(=O)CC(C)N=C1NS(=O)(=O)c2ccccc21. The molecule has 2 N–H and O–H groups in total. The number of sulfonamides is 1. The van der Waals surface area contributed by atoms with Gasteiger partial charge in [0.2, 0.25) is 5.91 Å². The van der Waals surface area contributed by atoms with Gasteiger partial charge in [0.1, 0.15) is 5.84 Å². The predicted octanol–water partition coefficient (Wildman–Crippen LogP) is 0.182. The van der Waals surface area contributed by atoms with E-state index in [0.717, 1.165) is 6.54 Å². The zero-order chi connectivity index (χ0) is 17.0. The van der Waals surface area contributed by atoms with Gasteiger partial charge in [0, 0.05) is 32.1 Å². The molecule has 1 aliphatic rings. The van der Waals surface area contributed by atoms with Crippen LogP contribution in [0.4, 0.5) is 0 Å². The topological polar surface area (TPSA) is 90.9 Å². The summed E-state index contributed by atoms with van der Waals surface area (Å²) in [4.78, 5) is 18.3. The molecule has 126 valence electrons. The summed E-state index contributed by atoms with van der Waals surface area (Å²) in [5.74, 6) is 0.282. The lowest BCUT2D eigenvalue weighted by atomic mass is 10.2. The number of nitrogens with one attached hydrogen (secondary N) is 2. The number of carbonyl (C=O) groups is 1. The molecule has 0 saturated heterocycles. The van der Waals surface area contributed by atoms with Gasteiger partial charge in [0.05, 0.1) is 10.9 Å². The first-order valence-corrected chi connectivity index (χ1v) is 8.92. The van der Waals surface area contributed by atoms with E-state index in [1.165, 1.54) is 0 Å². The maximum Gasteiger partial charge on any atom is 0.263 e. The van der Waals surface area contributed by atoms with Gasteiger partial charge in [0.25, 0.3) is 10.0 Å². The molecule has 2 rings (SSSR count). The highest BCUT2D eigenvalue weighted by Gasteiger charge is 2.30. The van der Waals surface area contributed by atoms with Crippen molar-refractivity contribution in [1.82, 2.24) is 14.9 Å². The van der Waals surface area contributed by atoms with E-state index < -0.39 is 10.0 Å². The minimum atomic E-state index is -3.54. The fraction of sp³-hybridized carbons (Fsp3) is 0.467.